The summed E-state index contributed by atoms with van der Waals surface area (Å²) in [6, 6.07) is 0.255. The lowest BCUT2D eigenvalue weighted by atomic mass is 9.85. The first-order valence-corrected chi connectivity index (χ1v) is 7.38. The fourth-order valence-electron chi connectivity index (χ4n) is 3.29. The Balaban J connectivity index is 2.10. The van der Waals surface area contributed by atoms with Gasteiger partial charge in [-0.05, 0) is 34.6 Å². The Morgan fingerprint density at radius 3 is 2.50 bits per heavy atom. The Kier molecular flexibility index (Phi) is 4.27. The van der Waals surface area contributed by atoms with Gasteiger partial charge in [0.05, 0.1) is 30.8 Å². The van der Waals surface area contributed by atoms with E-state index in [9.17, 15) is 9.90 Å². The average molecular weight is 285 g/mol. The lowest BCUT2D eigenvalue weighted by Gasteiger charge is -2.40. The molecule has 0 radical (unpaired) electrons. The van der Waals surface area contributed by atoms with Gasteiger partial charge >= 0.3 is 0 Å². The molecule has 5 heteroatoms. The summed E-state index contributed by atoms with van der Waals surface area (Å²) in [6.45, 7) is 11.7. The third-order valence-corrected chi connectivity index (χ3v) is 4.52. The van der Waals surface area contributed by atoms with Gasteiger partial charge in [-0.3, -0.25) is 9.69 Å². The summed E-state index contributed by atoms with van der Waals surface area (Å²) < 4.78 is 11.5. The van der Waals surface area contributed by atoms with Gasteiger partial charge in [0, 0.05) is 19.1 Å². The number of aliphatic hydroxyl groups is 1. The van der Waals surface area contributed by atoms with Crippen molar-refractivity contribution in [1.29, 1.82) is 0 Å². The highest BCUT2D eigenvalue weighted by molar-refractivity contribution is 5.91. The first-order chi connectivity index (χ1) is 9.17. The molecular weight excluding hydrogens is 258 g/mol. The van der Waals surface area contributed by atoms with Crippen molar-refractivity contribution in [3.8, 4) is 0 Å². The quantitative estimate of drug-likeness (QED) is 0.833. The van der Waals surface area contributed by atoms with E-state index in [2.05, 4.69) is 11.8 Å². The van der Waals surface area contributed by atoms with Crippen LogP contribution < -0.4 is 0 Å². The first kappa shape index (κ1) is 15.9. The summed E-state index contributed by atoms with van der Waals surface area (Å²) >= 11 is 0. The van der Waals surface area contributed by atoms with E-state index in [1.54, 1.807) is 0 Å². The van der Waals surface area contributed by atoms with Crippen molar-refractivity contribution in [2.45, 2.75) is 58.0 Å². The molecular formula is C15H27NO4. The van der Waals surface area contributed by atoms with Gasteiger partial charge in [-0.15, -0.1) is 0 Å². The van der Waals surface area contributed by atoms with Gasteiger partial charge in [-0.25, -0.2) is 0 Å². The minimum absolute atomic E-state index is 0.0211. The number of carbonyl (C=O) groups is 1. The van der Waals surface area contributed by atoms with Crippen molar-refractivity contribution in [2.24, 2.45) is 5.92 Å². The second-order valence-electron chi connectivity index (χ2n) is 7.07. The number of hydrogen-bond donors (Lipinski definition) is 1. The zero-order valence-corrected chi connectivity index (χ0v) is 13.2. The number of ether oxygens (including phenoxy) is 2. The second-order valence-corrected chi connectivity index (χ2v) is 7.07. The maximum Gasteiger partial charge on any atom is 0.171 e. The van der Waals surface area contributed by atoms with Gasteiger partial charge in [0.15, 0.2) is 5.78 Å². The Bertz CT molecular complexity index is 380. The summed E-state index contributed by atoms with van der Waals surface area (Å²) in [5.74, 6) is 0.0270. The van der Waals surface area contributed by atoms with E-state index in [0.717, 1.165) is 0 Å². The molecule has 0 aromatic heterocycles. The molecule has 116 valence electrons. The van der Waals surface area contributed by atoms with E-state index in [0.29, 0.717) is 19.7 Å². The highest BCUT2D eigenvalue weighted by atomic mass is 16.5. The van der Waals surface area contributed by atoms with Crippen LogP contribution in [0.25, 0.3) is 0 Å². The predicted octanol–water partition coefficient (Wildman–Crippen LogP) is 0.841. The van der Waals surface area contributed by atoms with Crippen LogP contribution in [0.1, 0.15) is 34.6 Å². The Labute approximate surface area is 121 Å². The third kappa shape index (κ3) is 2.91. The molecule has 2 fully saturated rings. The number of Topliss-reactive ketones (excluding diaryl/α,β-unsaturated/α-hetero) is 1. The molecule has 20 heavy (non-hydrogen) atoms. The minimum Gasteiger partial charge on any atom is -0.394 e. The van der Waals surface area contributed by atoms with Crippen LogP contribution in [0.4, 0.5) is 0 Å². The van der Waals surface area contributed by atoms with E-state index in [-0.39, 0.29) is 30.5 Å². The zero-order valence-electron chi connectivity index (χ0n) is 13.2. The van der Waals surface area contributed by atoms with E-state index >= 15 is 0 Å². The van der Waals surface area contributed by atoms with E-state index in [4.69, 9.17) is 9.47 Å². The number of rotatable bonds is 3. The summed E-state index contributed by atoms with van der Waals surface area (Å²) in [4.78, 5) is 14.8. The van der Waals surface area contributed by atoms with Crippen LogP contribution in [0.3, 0.4) is 0 Å². The number of morpholine rings is 1. The van der Waals surface area contributed by atoms with Gasteiger partial charge < -0.3 is 14.6 Å². The molecule has 2 aliphatic heterocycles. The molecule has 2 saturated heterocycles. The van der Waals surface area contributed by atoms with Gasteiger partial charge in [0.2, 0.25) is 0 Å². The largest absolute Gasteiger partial charge is 0.394 e. The van der Waals surface area contributed by atoms with E-state index in [1.807, 2.05) is 27.7 Å². The zero-order chi connectivity index (χ0) is 15.1. The fourth-order valence-corrected chi connectivity index (χ4v) is 3.29. The topological polar surface area (TPSA) is 59.0 Å². The number of hydrogen-bond acceptors (Lipinski definition) is 5. The van der Waals surface area contributed by atoms with Crippen molar-refractivity contribution < 1.29 is 19.4 Å². The molecule has 0 spiro atoms. The number of nitrogens with zero attached hydrogens (tertiary/aromatic N) is 1. The Hall–Kier alpha value is -0.490. The molecule has 2 heterocycles. The molecule has 3 unspecified atom stereocenters. The van der Waals surface area contributed by atoms with Crippen molar-refractivity contribution in [3.05, 3.63) is 0 Å². The predicted molar refractivity (Wildman–Crippen MR) is 75.6 cm³/mol. The van der Waals surface area contributed by atoms with Crippen LogP contribution in [0.5, 0.6) is 0 Å². The molecule has 0 aromatic rings. The summed E-state index contributed by atoms with van der Waals surface area (Å²) in [5.41, 5.74) is -1.16. The van der Waals surface area contributed by atoms with Gasteiger partial charge in [-0.2, -0.15) is 0 Å². The molecule has 0 amide bonds. The Morgan fingerprint density at radius 1 is 1.35 bits per heavy atom. The van der Waals surface area contributed by atoms with Crippen molar-refractivity contribution in [2.75, 3.05) is 26.3 Å². The molecule has 2 rings (SSSR count). The lowest BCUT2D eigenvalue weighted by Crippen LogP contribution is -2.53. The van der Waals surface area contributed by atoms with Gasteiger partial charge in [0.1, 0.15) is 5.60 Å². The molecule has 2 aliphatic rings. The van der Waals surface area contributed by atoms with E-state index in [1.165, 1.54) is 0 Å². The lowest BCUT2D eigenvalue weighted by molar-refractivity contribution is -0.132. The summed E-state index contributed by atoms with van der Waals surface area (Å²) in [7, 11) is 0. The van der Waals surface area contributed by atoms with Crippen molar-refractivity contribution >= 4 is 5.78 Å². The highest BCUT2D eigenvalue weighted by Gasteiger charge is 2.53. The highest BCUT2D eigenvalue weighted by Crippen LogP contribution is 2.39. The van der Waals surface area contributed by atoms with E-state index < -0.39 is 11.2 Å². The van der Waals surface area contributed by atoms with Crippen LogP contribution >= 0.6 is 0 Å². The SMILES string of the molecule is CC1COC(CO)CN1CC1C(=O)C(C)(C)OC1(C)C. The fraction of sp³-hybridized carbons (Fsp3) is 0.933. The van der Waals surface area contributed by atoms with Crippen LogP contribution in [0.15, 0.2) is 0 Å². The number of ketones is 1. The van der Waals surface area contributed by atoms with Gasteiger partial charge in [-0.1, -0.05) is 0 Å². The third-order valence-electron chi connectivity index (χ3n) is 4.52. The molecule has 3 atom stereocenters. The first-order valence-electron chi connectivity index (χ1n) is 7.38. The number of aliphatic hydroxyl groups excluding tert-OH is 1. The molecule has 0 aromatic carbocycles. The summed E-state index contributed by atoms with van der Waals surface area (Å²) in [5, 5.41) is 9.25. The molecule has 5 nitrogen and oxygen atoms in total. The van der Waals surface area contributed by atoms with Crippen LogP contribution in [-0.4, -0.2) is 65.4 Å². The van der Waals surface area contributed by atoms with Crippen molar-refractivity contribution in [3.63, 3.8) is 0 Å². The second kappa shape index (κ2) is 5.37. The minimum atomic E-state index is -0.708. The molecule has 0 bridgehead atoms. The maximum absolute atomic E-state index is 12.5. The smallest absolute Gasteiger partial charge is 0.171 e. The number of carbonyl (C=O) groups excluding carboxylic acids is 1. The molecule has 0 saturated carbocycles. The van der Waals surface area contributed by atoms with Crippen molar-refractivity contribution in [1.82, 2.24) is 4.90 Å². The monoisotopic (exact) mass is 285 g/mol. The molecule has 0 aliphatic carbocycles. The van der Waals surface area contributed by atoms with Crippen LogP contribution in [0, 0.1) is 5.92 Å². The standard InChI is InChI=1S/C15H27NO4/c1-10-9-19-11(8-17)6-16(10)7-12-13(18)15(4,5)20-14(12,2)3/h10-12,17H,6-9H2,1-5H3. The maximum atomic E-state index is 12.5. The van der Waals surface area contributed by atoms with Crippen LogP contribution in [0.2, 0.25) is 0 Å². The average Bonchev–Trinajstić information content (AvgIpc) is 2.50. The normalized spacial score (nSPS) is 37.3. The molecule has 1 N–H and O–H groups in total. The van der Waals surface area contributed by atoms with Crippen LogP contribution in [-0.2, 0) is 14.3 Å². The van der Waals surface area contributed by atoms with Gasteiger partial charge in [0.25, 0.3) is 0 Å². The summed E-state index contributed by atoms with van der Waals surface area (Å²) in [6.07, 6.45) is -0.153. The Morgan fingerprint density at radius 2 is 2.00 bits per heavy atom.